The maximum Gasteiger partial charge on any atom is 0.337 e. The summed E-state index contributed by atoms with van der Waals surface area (Å²) in [7, 11) is 2.87. The molecule has 26 heavy (non-hydrogen) atoms. The monoisotopic (exact) mass is 356 g/mol. The summed E-state index contributed by atoms with van der Waals surface area (Å²) in [6.45, 7) is 0.320. The Morgan fingerprint density at radius 3 is 2.35 bits per heavy atom. The molecule has 2 aromatic carbocycles. The average Bonchev–Trinajstić information content (AvgIpc) is 2.68. The van der Waals surface area contributed by atoms with Crippen molar-refractivity contribution >= 4 is 23.5 Å². The predicted octanol–water partition coefficient (Wildman–Crippen LogP) is 1.78. The van der Waals surface area contributed by atoms with Crippen LogP contribution in [0.4, 0.5) is 5.69 Å². The lowest BCUT2D eigenvalue weighted by Crippen LogP contribution is -2.36. The van der Waals surface area contributed by atoms with Gasteiger partial charge in [-0.1, -0.05) is 12.1 Å². The zero-order valence-corrected chi connectivity index (χ0v) is 14.6. The van der Waals surface area contributed by atoms with Crippen molar-refractivity contribution in [3.63, 3.8) is 0 Å². The highest BCUT2D eigenvalue weighted by molar-refractivity contribution is 6.39. The fourth-order valence-electron chi connectivity index (χ4n) is 2.22. The van der Waals surface area contributed by atoms with Crippen LogP contribution in [-0.4, -0.2) is 38.5 Å². The molecule has 0 radical (unpaired) electrons. The second-order valence-corrected chi connectivity index (χ2v) is 5.38. The average molecular weight is 356 g/mol. The van der Waals surface area contributed by atoms with Gasteiger partial charge in [0.25, 0.3) is 0 Å². The third-order valence-corrected chi connectivity index (χ3v) is 3.60. The molecule has 2 rings (SSSR count). The van der Waals surface area contributed by atoms with E-state index in [4.69, 9.17) is 4.74 Å². The highest BCUT2D eigenvalue weighted by atomic mass is 16.5. The Kier molecular flexibility index (Phi) is 6.73. The minimum atomic E-state index is -0.776. The minimum absolute atomic E-state index is 0.320. The first kappa shape index (κ1) is 19.0. The van der Waals surface area contributed by atoms with Crippen LogP contribution in [0.3, 0.4) is 0 Å². The maximum absolute atomic E-state index is 11.9. The van der Waals surface area contributed by atoms with Gasteiger partial charge in [-0.15, -0.1) is 0 Å². The van der Waals surface area contributed by atoms with Gasteiger partial charge in [0, 0.05) is 12.2 Å². The van der Waals surface area contributed by atoms with Crippen LogP contribution in [0.25, 0.3) is 0 Å². The van der Waals surface area contributed by atoms with Gasteiger partial charge in [0.1, 0.15) is 5.75 Å². The van der Waals surface area contributed by atoms with E-state index in [0.717, 1.165) is 11.3 Å². The molecule has 0 atom stereocenters. The van der Waals surface area contributed by atoms with E-state index in [1.54, 1.807) is 7.11 Å². The third-order valence-electron chi connectivity index (χ3n) is 3.60. The number of anilines is 1. The standard InChI is InChI=1S/C19H20N2O5/c1-25-16-5-3-4-13(12-16)10-11-20-17(22)18(23)21-15-8-6-14(7-9-15)19(24)26-2/h3-9,12H,10-11H2,1-2H3,(H,20,22)(H,21,23). The smallest absolute Gasteiger partial charge is 0.337 e. The number of esters is 1. The first-order chi connectivity index (χ1) is 12.5. The summed E-state index contributed by atoms with van der Waals surface area (Å²) < 4.78 is 9.73. The van der Waals surface area contributed by atoms with E-state index in [-0.39, 0.29) is 0 Å². The van der Waals surface area contributed by atoms with Crippen LogP contribution in [-0.2, 0) is 20.7 Å². The summed E-state index contributed by atoms with van der Waals surface area (Å²) in [5.74, 6) is -1.24. The van der Waals surface area contributed by atoms with Gasteiger partial charge in [-0.3, -0.25) is 9.59 Å². The summed E-state index contributed by atoms with van der Waals surface area (Å²) in [6, 6.07) is 13.5. The van der Waals surface area contributed by atoms with Crippen molar-refractivity contribution in [2.75, 3.05) is 26.1 Å². The van der Waals surface area contributed by atoms with Gasteiger partial charge < -0.3 is 20.1 Å². The van der Waals surface area contributed by atoms with Crippen LogP contribution in [0.2, 0.25) is 0 Å². The molecule has 0 saturated heterocycles. The first-order valence-electron chi connectivity index (χ1n) is 7.94. The minimum Gasteiger partial charge on any atom is -0.497 e. The molecular formula is C19H20N2O5. The number of ether oxygens (including phenoxy) is 2. The van der Waals surface area contributed by atoms with Crippen molar-refractivity contribution in [3.05, 3.63) is 59.7 Å². The van der Waals surface area contributed by atoms with Crippen molar-refractivity contribution in [2.24, 2.45) is 0 Å². The zero-order chi connectivity index (χ0) is 18.9. The fraction of sp³-hybridized carbons (Fsp3) is 0.211. The van der Waals surface area contributed by atoms with E-state index in [9.17, 15) is 14.4 Å². The van der Waals surface area contributed by atoms with Crippen LogP contribution in [0, 0.1) is 0 Å². The van der Waals surface area contributed by atoms with Crippen molar-refractivity contribution in [1.29, 1.82) is 0 Å². The van der Waals surface area contributed by atoms with Crippen LogP contribution in [0.5, 0.6) is 5.75 Å². The first-order valence-corrected chi connectivity index (χ1v) is 7.94. The molecule has 0 aliphatic carbocycles. The summed E-state index contributed by atoms with van der Waals surface area (Å²) >= 11 is 0. The van der Waals surface area contributed by atoms with Gasteiger partial charge in [0.15, 0.2) is 0 Å². The number of nitrogens with one attached hydrogen (secondary N) is 2. The van der Waals surface area contributed by atoms with Crippen molar-refractivity contribution in [3.8, 4) is 5.75 Å². The summed E-state index contributed by atoms with van der Waals surface area (Å²) in [4.78, 5) is 35.1. The normalized spacial score (nSPS) is 9.92. The lowest BCUT2D eigenvalue weighted by atomic mass is 10.1. The number of benzene rings is 2. The molecule has 0 spiro atoms. The lowest BCUT2D eigenvalue weighted by molar-refractivity contribution is -0.136. The molecule has 2 amide bonds. The molecule has 7 heteroatoms. The number of hydrogen-bond acceptors (Lipinski definition) is 5. The highest BCUT2D eigenvalue weighted by Crippen LogP contribution is 2.13. The molecule has 0 fully saturated rings. The third kappa shape index (κ3) is 5.34. The number of rotatable bonds is 6. The summed E-state index contributed by atoms with van der Waals surface area (Å²) in [5.41, 5.74) is 1.75. The molecular weight excluding hydrogens is 336 g/mol. The van der Waals surface area contributed by atoms with Gasteiger partial charge in [-0.05, 0) is 48.4 Å². The lowest BCUT2D eigenvalue weighted by Gasteiger charge is -2.08. The molecule has 0 aromatic heterocycles. The van der Waals surface area contributed by atoms with Crippen molar-refractivity contribution < 1.29 is 23.9 Å². The molecule has 0 saturated carbocycles. The fourth-order valence-corrected chi connectivity index (χ4v) is 2.22. The molecule has 136 valence electrons. The Bertz CT molecular complexity index is 787. The molecule has 2 N–H and O–H groups in total. The largest absolute Gasteiger partial charge is 0.497 e. The number of carbonyl (C=O) groups excluding carboxylic acids is 3. The van der Waals surface area contributed by atoms with E-state index < -0.39 is 17.8 Å². The molecule has 7 nitrogen and oxygen atoms in total. The van der Waals surface area contributed by atoms with Gasteiger partial charge in [0.05, 0.1) is 19.8 Å². The number of carbonyl (C=O) groups is 3. The Morgan fingerprint density at radius 1 is 0.962 bits per heavy atom. The topological polar surface area (TPSA) is 93.7 Å². The van der Waals surface area contributed by atoms with E-state index in [1.807, 2.05) is 24.3 Å². The Morgan fingerprint density at radius 2 is 1.69 bits per heavy atom. The van der Waals surface area contributed by atoms with Crippen LogP contribution in [0.15, 0.2) is 48.5 Å². The number of amides is 2. The van der Waals surface area contributed by atoms with Crippen LogP contribution >= 0.6 is 0 Å². The van der Waals surface area contributed by atoms with E-state index in [2.05, 4.69) is 15.4 Å². The van der Waals surface area contributed by atoms with E-state index in [1.165, 1.54) is 31.4 Å². The second-order valence-electron chi connectivity index (χ2n) is 5.38. The molecule has 0 bridgehead atoms. The summed E-state index contributed by atoms with van der Waals surface area (Å²) in [5, 5.41) is 5.03. The van der Waals surface area contributed by atoms with E-state index >= 15 is 0 Å². The van der Waals surface area contributed by atoms with Gasteiger partial charge in [-0.2, -0.15) is 0 Å². The molecule has 0 aliphatic rings. The molecule has 0 unspecified atom stereocenters. The van der Waals surface area contributed by atoms with Gasteiger partial charge in [0.2, 0.25) is 0 Å². The Hall–Kier alpha value is -3.35. The zero-order valence-electron chi connectivity index (χ0n) is 14.6. The van der Waals surface area contributed by atoms with Gasteiger partial charge in [-0.25, -0.2) is 4.79 Å². The number of methoxy groups -OCH3 is 2. The van der Waals surface area contributed by atoms with E-state index in [0.29, 0.717) is 24.2 Å². The van der Waals surface area contributed by atoms with Crippen molar-refractivity contribution in [2.45, 2.75) is 6.42 Å². The molecule has 0 aliphatic heterocycles. The van der Waals surface area contributed by atoms with Gasteiger partial charge >= 0.3 is 17.8 Å². The van der Waals surface area contributed by atoms with Crippen LogP contribution < -0.4 is 15.4 Å². The maximum atomic E-state index is 11.9. The Balaban J connectivity index is 1.81. The quantitative estimate of drug-likeness (QED) is 0.608. The second kappa shape index (κ2) is 9.22. The Labute approximate surface area is 151 Å². The van der Waals surface area contributed by atoms with Crippen molar-refractivity contribution in [1.82, 2.24) is 5.32 Å². The SMILES string of the molecule is COC(=O)c1ccc(NC(=O)C(=O)NCCc2cccc(OC)c2)cc1. The number of hydrogen-bond donors (Lipinski definition) is 2. The predicted molar refractivity (Wildman–Crippen MR) is 96.1 cm³/mol. The highest BCUT2D eigenvalue weighted by Gasteiger charge is 2.13. The molecule has 2 aromatic rings. The van der Waals surface area contributed by atoms with Crippen LogP contribution in [0.1, 0.15) is 15.9 Å². The molecule has 0 heterocycles. The summed E-state index contributed by atoms with van der Waals surface area (Å²) in [6.07, 6.45) is 0.573.